The fourth-order valence-corrected chi connectivity index (χ4v) is 5.86. The van der Waals surface area contributed by atoms with Crippen LogP contribution >= 0.6 is 0 Å². The Morgan fingerprint density at radius 2 is 1.28 bits per heavy atom. The molecule has 2 heterocycles. The zero-order chi connectivity index (χ0) is 22.1. The molecule has 1 aromatic heterocycles. The molecule has 0 aliphatic carbocycles. The van der Waals surface area contributed by atoms with Gasteiger partial charge >= 0.3 is 5.69 Å². The van der Waals surface area contributed by atoms with Gasteiger partial charge in [0.1, 0.15) is 0 Å². The molecule has 1 fully saturated rings. The molecule has 1 saturated heterocycles. The summed E-state index contributed by atoms with van der Waals surface area (Å²) in [5, 5.41) is 0. The van der Waals surface area contributed by atoms with E-state index in [1.54, 1.807) is 12.1 Å². The third kappa shape index (κ3) is 3.88. The molecule has 164 valence electrons. The predicted molar refractivity (Wildman–Crippen MR) is 124 cm³/mol. The van der Waals surface area contributed by atoms with Gasteiger partial charge in [-0.2, -0.15) is 4.31 Å². The lowest BCUT2D eigenvalue weighted by molar-refractivity contribution is 0.156. The molecule has 0 amide bonds. The molecule has 0 saturated carbocycles. The highest BCUT2D eigenvalue weighted by Gasteiger charge is 2.32. The number of sulfonamides is 1. The van der Waals surface area contributed by atoms with E-state index in [0.717, 1.165) is 0 Å². The summed E-state index contributed by atoms with van der Waals surface area (Å²) in [5.41, 5.74) is 3.11. The Bertz CT molecular complexity index is 1330. The summed E-state index contributed by atoms with van der Waals surface area (Å²) in [4.78, 5) is 19.3. The van der Waals surface area contributed by atoms with Gasteiger partial charge in [0, 0.05) is 26.2 Å². The average molecular weight is 449 g/mol. The monoisotopic (exact) mass is 448 g/mol. The molecule has 4 aromatic rings. The summed E-state index contributed by atoms with van der Waals surface area (Å²) in [5.74, 6) is 0. The van der Waals surface area contributed by atoms with Gasteiger partial charge in [-0.1, -0.05) is 60.7 Å². The second-order valence-corrected chi connectivity index (χ2v) is 9.89. The van der Waals surface area contributed by atoms with Gasteiger partial charge in [0.05, 0.1) is 22.0 Å². The minimum absolute atomic E-state index is 0.0727. The molecule has 0 unspecified atom stereocenters. The summed E-state index contributed by atoms with van der Waals surface area (Å²) in [6.07, 6.45) is 0. The lowest BCUT2D eigenvalue weighted by Crippen LogP contribution is -2.49. The van der Waals surface area contributed by atoms with Crippen LogP contribution in [0.4, 0.5) is 0 Å². The van der Waals surface area contributed by atoms with Crippen molar-refractivity contribution in [3.8, 4) is 0 Å². The van der Waals surface area contributed by atoms with Crippen molar-refractivity contribution in [3.63, 3.8) is 0 Å². The number of benzene rings is 3. The van der Waals surface area contributed by atoms with Crippen LogP contribution in [0.1, 0.15) is 17.2 Å². The van der Waals surface area contributed by atoms with E-state index in [1.165, 1.54) is 21.5 Å². The second kappa shape index (κ2) is 8.38. The number of piperazine rings is 1. The van der Waals surface area contributed by atoms with Crippen LogP contribution in [0.2, 0.25) is 0 Å². The molecule has 0 radical (unpaired) electrons. The van der Waals surface area contributed by atoms with Crippen molar-refractivity contribution in [2.24, 2.45) is 0 Å². The van der Waals surface area contributed by atoms with Gasteiger partial charge in [-0.3, -0.25) is 4.90 Å². The molecular weight excluding hydrogens is 424 g/mol. The number of fused-ring (bicyclic) bond motifs is 1. The minimum atomic E-state index is -3.65. The molecule has 5 rings (SSSR count). The number of imidazole rings is 1. The largest absolute Gasteiger partial charge is 0.323 e. The topological polar surface area (TPSA) is 89.3 Å². The quantitative estimate of drug-likeness (QED) is 0.491. The molecule has 8 heteroatoms. The number of aromatic nitrogens is 2. The maximum absolute atomic E-state index is 13.3. The maximum atomic E-state index is 13.3. The zero-order valence-electron chi connectivity index (χ0n) is 17.4. The van der Waals surface area contributed by atoms with E-state index in [9.17, 15) is 13.2 Å². The van der Waals surface area contributed by atoms with E-state index in [4.69, 9.17) is 0 Å². The van der Waals surface area contributed by atoms with E-state index in [-0.39, 0.29) is 16.6 Å². The highest BCUT2D eigenvalue weighted by molar-refractivity contribution is 7.89. The van der Waals surface area contributed by atoms with Crippen LogP contribution in [-0.2, 0) is 10.0 Å². The van der Waals surface area contributed by atoms with Crippen LogP contribution in [0.15, 0.2) is 88.6 Å². The Balaban J connectivity index is 1.38. The van der Waals surface area contributed by atoms with Crippen molar-refractivity contribution < 1.29 is 8.42 Å². The summed E-state index contributed by atoms with van der Waals surface area (Å²) in [7, 11) is -3.65. The van der Waals surface area contributed by atoms with Crippen LogP contribution in [0.5, 0.6) is 0 Å². The molecule has 32 heavy (non-hydrogen) atoms. The normalized spacial score (nSPS) is 16.0. The van der Waals surface area contributed by atoms with Gasteiger partial charge < -0.3 is 9.97 Å². The smallest absolute Gasteiger partial charge is 0.306 e. The molecule has 2 N–H and O–H groups in total. The lowest BCUT2D eigenvalue weighted by atomic mass is 9.96. The number of H-pyrrole nitrogens is 2. The molecule has 1 aliphatic heterocycles. The summed E-state index contributed by atoms with van der Waals surface area (Å²) in [6.45, 7) is 2.05. The average Bonchev–Trinajstić information content (AvgIpc) is 3.20. The Morgan fingerprint density at radius 3 is 1.88 bits per heavy atom. The first kappa shape index (κ1) is 20.7. The number of nitrogens with one attached hydrogen (secondary N) is 2. The van der Waals surface area contributed by atoms with Crippen molar-refractivity contribution in [3.05, 3.63) is 100 Å². The summed E-state index contributed by atoms with van der Waals surface area (Å²) >= 11 is 0. The van der Waals surface area contributed by atoms with Gasteiger partial charge in [0.2, 0.25) is 10.0 Å². The molecule has 3 aromatic carbocycles. The SMILES string of the molecule is O=c1[nH]c2ccc(S(=O)(=O)N3CCN(C(c4ccccc4)c4ccccc4)CC3)cc2[nH]1. The summed E-state index contributed by atoms with van der Waals surface area (Å²) < 4.78 is 28.0. The van der Waals surface area contributed by atoms with Gasteiger partial charge in [0.25, 0.3) is 0 Å². The Hall–Kier alpha value is -3.20. The van der Waals surface area contributed by atoms with Crippen molar-refractivity contribution >= 4 is 21.1 Å². The first-order chi connectivity index (χ1) is 15.5. The molecule has 0 atom stereocenters. The molecule has 0 spiro atoms. The van der Waals surface area contributed by atoms with Crippen LogP contribution in [0.3, 0.4) is 0 Å². The standard InChI is InChI=1S/C24H24N4O3S/c29-24-25-21-12-11-20(17-22(21)26-24)32(30,31)28-15-13-27(14-16-28)23(18-7-3-1-4-8-18)19-9-5-2-6-10-19/h1-12,17,23H,13-16H2,(H2,25,26,29). The van der Waals surface area contributed by atoms with Crippen molar-refractivity contribution in [1.82, 2.24) is 19.2 Å². The van der Waals surface area contributed by atoms with Gasteiger partial charge in [-0.05, 0) is 29.3 Å². The lowest BCUT2D eigenvalue weighted by Gasteiger charge is -2.39. The number of rotatable bonds is 5. The maximum Gasteiger partial charge on any atom is 0.323 e. The summed E-state index contributed by atoms with van der Waals surface area (Å²) in [6, 6.07) is 25.4. The van der Waals surface area contributed by atoms with Crippen molar-refractivity contribution in [2.45, 2.75) is 10.9 Å². The number of hydrogen-bond donors (Lipinski definition) is 2. The Morgan fingerprint density at radius 1 is 0.719 bits per heavy atom. The zero-order valence-corrected chi connectivity index (χ0v) is 18.3. The molecule has 7 nitrogen and oxygen atoms in total. The van der Waals surface area contributed by atoms with E-state index < -0.39 is 10.0 Å². The van der Waals surface area contributed by atoms with Crippen LogP contribution in [0.25, 0.3) is 11.0 Å². The van der Waals surface area contributed by atoms with Gasteiger partial charge in [-0.25, -0.2) is 13.2 Å². The van der Waals surface area contributed by atoms with E-state index in [2.05, 4.69) is 39.1 Å². The fraction of sp³-hybridized carbons (Fsp3) is 0.208. The van der Waals surface area contributed by atoms with Crippen molar-refractivity contribution in [2.75, 3.05) is 26.2 Å². The first-order valence-corrected chi connectivity index (χ1v) is 12.0. The molecular formula is C24H24N4O3S. The van der Waals surface area contributed by atoms with Crippen LogP contribution in [-0.4, -0.2) is 53.8 Å². The number of hydrogen-bond acceptors (Lipinski definition) is 4. The Kier molecular flexibility index (Phi) is 5.42. The predicted octanol–water partition coefficient (Wildman–Crippen LogP) is 2.95. The van der Waals surface area contributed by atoms with E-state index in [1.807, 2.05) is 36.4 Å². The number of aromatic amines is 2. The van der Waals surface area contributed by atoms with Crippen molar-refractivity contribution in [1.29, 1.82) is 0 Å². The van der Waals surface area contributed by atoms with Gasteiger partial charge in [-0.15, -0.1) is 0 Å². The highest BCUT2D eigenvalue weighted by Crippen LogP contribution is 2.30. The van der Waals surface area contributed by atoms with Crippen LogP contribution < -0.4 is 5.69 Å². The third-order valence-corrected chi connectivity index (χ3v) is 7.89. The molecule has 0 bridgehead atoms. The fourth-order valence-electron chi connectivity index (χ4n) is 4.41. The Labute approximate surface area is 186 Å². The first-order valence-electron chi connectivity index (χ1n) is 10.6. The second-order valence-electron chi connectivity index (χ2n) is 7.95. The van der Waals surface area contributed by atoms with Crippen LogP contribution in [0, 0.1) is 0 Å². The molecule has 1 aliphatic rings. The highest BCUT2D eigenvalue weighted by atomic mass is 32.2. The minimum Gasteiger partial charge on any atom is -0.306 e. The van der Waals surface area contributed by atoms with E-state index in [0.29, 0.717) is 37.2 Å². The number of nitrogens with zero attached hydrogens (tertiary/aromatic N) is 2. The van der Waals surface area contributed by atoms with Gasteiger partial charge in [0.15, 0.2) is 0 Å². The van der Waals surface area contributed by atoms with E-state index >= 15 is 0 Å². The third-order valence-electron chi connectivity index (χ3n) is 5.99.